The summed E-state index contributed by atoms with van der Waals surface area (Å²) in [4.78, 5) is 25.8. The van der Waals surface area contributed by atoms with E-state index in [1.165, 1.54) is 6.92 Å². The Kier molecular flexibility index (Phi) is 7.63. The van der Waals surface area contributed by atoms with Crippen LogP contribution >= 0.6 is 0 Å². The van der Waals surface area contributed by atoms with Crippen molar-refractivity contribution in [1.29, 1.82) is 0 Å². The number of hydrogen-bond donors (Lipinski definition) is 0. The zero-order valence-electron chi connectivity index (χ0n) is 19.8. The lowest BCUT2D eigenvalue weighted by Gasteiger charge is -2.20. The standard InChI is InChI=1S/C29H27NO5/c1-21(31)19-34-26-9-5-7-22(17-26)20-35-28-10-4-3-8-25(28)18-30(2)29(32)24-14-12-23(13-15-24)27-11-6-16-33-27/h3-17H,18-20H2,1-2H3. The number of ether oxygens (including phenoxy) is 2. The first-order valence-corrected chi connectivity index (χ1v) is 11.3. The molecule has 35 heavy (non-hydrogen) atoms. The summed E-state index contributed by atoms with van der Waals surface area (Å²) in [7, 11) is 1.77. The van der Waals surface area contributed by atoms with Crippen molar-refractivity contribution in [2.75, 3.05) is 13.7 Å². The summed E-state index contributed by atoms with van der Waals surface area (Å²) in [5.74, 6) is 1.97. The lowest BCUT2D eigenvalue weighted by molar-refractivity contribution is -0.118. The third-order valence-electron chi connectivity index (χ3n) is 5.40. The third-order valence-corrected chi connectivity index (χ3v) is 5.40. The first-order chi connectivity index (χ1) is 17.0. The number of rotatable bonds is 10. The summed E-state index contributed by atoms with van der Waals surface area (Å²) in [5.41, 5.74) is 3.34. The topological polar surface area (TPSA) is 69.0 Å². The van der Waals surface area contributed by atoms with Crippen molar-refractivity contribution >= 4 is 11.7 Å². The minimum Gasteiger partial charge on any atom is -0.489 e. The maximum absolute atomic E-state index is 13.0. The van der Waals surface area contributed by atoms with Crippen LogP contribution in [0.5, 0.6) is 11.5 Å². The van der Waals surface area contributed by atoms with E-state index < -0.39 is 0 Å². The molecule has 1 heterocycles. The second kappa shape index (κ2) is 11.2. The first-order valence-electron chi connectivity index (χ1n) is 11.3. The molecule has 4 aromatic rings. The molecule has 0 saturated carbocycles. The number of benzene rings is 3. The molecule has 6 nitrogen and oxygen atoms in total. The fraction of sp³-hybridized carbons (Fsp3) is 0.172. The third kappa shape index (κ3) is 6.38. The van der Waals surface area contributed by atoms with E-state index in [4.69, 9.17) is 13.9 Å². The fourth-order valence-corrected chi connectivity index (χ4v) is 3.61. The normalized spacial score (nSPS) is 10.6. The lowest BCUT2D eigenvalue weighted by atomic mass is 10.1. The molecule has 0 aliphatic carbocycles. The van der Waals surface area contributed by atoms with E-state index in [1.54, 1.807) is 30.3 Å². The van der Waals surface area contributed by atoms with Gasteiger partial charge in [-0.3, -0.25) is 9.59 Å². The van der Waals surface area contributed by atoms with Gasteiger partial charge in [-0.1, -0.05) is 42.5 Å². The second-order valence-corrected chi connectivity index (χ2v) is 8.25. The minimum atomic E-state index is -0.0823. The van der Waals surface area contributed by atoms with E-state index in [0.29, 0.717) is 30.2 Å². The van der Waals surface area contributed by atoms with E-state index >= 15 is 0 Å². The molecule has 1 aromatic heterocycles. The number of Topliss-reactive ketones (excluding diaryl/α,β-unsaturated/α-hetero) is 1. The highest BCUT2D eigenvalue weighted by atomic mass is 16.5. The Morgan fingerprint density at radius 3 is 2.43 bits per heavy atom. The SMILES string of the molecule is CC(=O)COc1cccc(COc2ccccc2CN(C)C(=O)c2ccc(-c3ccco3)cc2)c1. The molecule has 178 valence electrons. The largest absolute Gasteiger partial charge is 0.489 e. The molecule has 6 heteroatoms. The number of amides is 1. The highest BCUT2D eigenvalue weighted by Gasteiger charge is 2.15. The van der Waals surface area contributed by atoms with Gasteiger partial charge in [-0.25, -0.2) is 0 Å². The van der Waals surface area contributed by atoms with Crippen molar-refractivity contribution in [3.05, 3.63) is 108 Å². The van der Waals surface area contributed by atoms with Gasteiger partial charge in [-0.05, 0) is 55.0 Å². The van der Waals surface area contributed by atoms with E-state index in [1.807, 2.05) is 72.8 Å². The molecule has 4 rings (SSSR count). The Labute approximate surface area is 204 Å². The van der Waals surface area contributed by atoms with E-state index in [9.17, 15) is 9.59 Å². The maximum atomic E-state index is 13.0. The van der Waals surface area contributed by atoms with Crippen LogP contribution in [0, 0.1) is 0 Å². The highest BCUT2D eigenvalue weighted by Crippen LogP contribution is 2.24. The van der Waals surface area contributed by atoms with Gasteiger partial charge in [0, 0.05) is 30.3 Å². The van der Waals surface area contributed by atoms with Gasteiger partial charge in [0.15, 0.2) is 5.78 Å². The summed E-state index contributed by atoms with van der Waals surface area (Å²) in [6.07, 6.45) is 1.63. The summed E-state index contributed by atoms with van der Waals surface area (Å²) < 4.78 is 17.0. The Hall–Kier alpha value is -4.32. The van der Waals surface area contributed by atoms with Gasteiger partial charge in [-0.2, -0.15) is 0 Å². The van der Waals surface area contributed by atoms with E-state index in [2.05, 4.69) is 0 Å². The smallest absolute Gasteiger partial charge is 0.253 e. The molecule has 0 saturated heterocycles. The average Bonchev–Trinajstić information content (AvgIpc) is 3.42. The Morgan fingerprint density at radius 2 is 1.69 bits per heavy atom. The number of ketones is 1. The van der Waals surface area contributed by atoms with Gasteiger partial charge in [-0.15, -0.1) is 0 Å². The van der Waals surface area contributed by atoms with Crippen LogP contribution in [-0.4, -0.2) is 30.2 Å². The van der Waals surface area contributed by atoms with Crippen LogP contribution in [0.2, 0.25) is 0 Å². The molecule has 0 aliphatic rings. The number of nitrogens with zero attached hydrogens (tertiary/aromatic N) is 1. The molecule has 0 radical (unpaired) electrons. The first kappa shape index (κ1) is 23.8. The van der Waals surface area contributed by atoms with Crippen LogP contribution in [0.15, 0.2) is 95.6 Å². The van der Waals surface area contributed by atoms with Gasteiger partial charge in [0.2, 0.25) is 0 Å². The van der Waals surface area contributed by atoms with Gasteiger partial charge in [0.05, 0.1) is 6.26 Å². The molecule has 0 spiro atoms. The van der Waals surface area contributed by atoms with Crippen LogP contribution < -0.4 is 9.47 Å². The number of furan rings is 1. The summed E-state index contributed by atoms with van der Waals surface area (Å²) in [6, 6.07) is 26.2. The average molecular weight is 470 g/mol. The second-order valence-electron chi connectivity index (χ2n) is 8.25. The molecule has 0 fully saturated rings. The molecular weight excluding hydrogens is 442 g/mol. The monoisotopic (exact) mass is 469 g/mol. The molecular formula is C29H27NO5. The van der Waals surface area contributed by atoms with Crippen molar-refractivity contribution in [1.82, 2.24) is 4.90 Å². The molecule has 0 aliphatic heterocycles. The molecule has 0 atom stereocenters. The van der Waals surface area contributed by atoms with Crippen molar-refractivity contribution in [2.45, 2.75) is 20.1 Å². The van der Waals surface area contributed by atoms with Gasteiger partial charge in [0.25, 0.3) is 5.91 Å². The van der Waals surface area contributed by atoms with Crippen LogP contribution in [0.1, 0.15) is 28.4 Å². The molecule has 3 aromatic carbocycles. The molecule has 0 unspecified atom stereocenters. The maximum Gasteiger partial charge on any atom is 0.253 e. The zero-order valence-corrected chi connectivity index (χ0v) is 19.8. The van der Waals surface area contributed by atoms with Crippen LogP contribution in [0.4, 0.5) is 0 Å². The summed E-state index contributed by atoms with van der Waals surface area (Å²) >= 11 is 0. The quantitative estimate of drug-likeness (QED) is 0.295. The summed E-state index contributed by atoms with van der Waals surface area (Å²) in [6.45, 7) is 2.26. The fourth-order valence-electron chi connectivity index (χ4n) is 3.61. The number of hydrogen-bond acceptors (Lipinski definition) is 5. The van der Waals surface area contributed by atoms with Crippen molar-refractivity contribution in [3.63, 3.8) is 0 Å². The van der Waals surface area contributed by atoms with E-state index in [-0.39, 0.29) is 18.3 Å². The van der Waals surface area contributed by atoms with Gasteiger partial charge >= 0.3 is 0 Å². The Morgan fingerprint density at radius 1 is 0.886 bits per heavy atom. The van der Waals surface area contributed by atoms with Crippen molar-refractivity contribution < 1.29 is 23.5 Å². The van der Waals surface area contributed by atoms with Crippen LogP contribution in [0.3, 0.4) is 0 Å². The Balaban J connectivity index is 1.39. The number of carbonyl (C=O) groups excluding carboxylic acids is 2. The predicted molar refractivity (Wildman–Crippen MR) is 133 cm³/mol. The van der Waals surface area contributed by atoms with Gasteiger partial charge < -0.3 is 18.8 Å². The van der Waals surface area contributed by atoms with Crippen LogP contribution in [-0.2, 0) is 17.9 Å². The minimum absolute atomic E-state index is 0.0345. The van der Waals surface area contributed by atoms with Crippen molar-refractivity contribution in [2.24, 2.45) is 0 Å². The van der Waals surface area contributed by atoms with Gasteiger partial charge in [0.1, 0.15) is 30.5 Å². The summed E-state index contributed by atoms with van der Waals surface area (Å²) in [5, 5.41) is 0. The Bertz CT molecular complexity index is 1280. The van der Waals surface area contributed by atoms with Crippen LogP contribution in [0.25, 0.3) is 11.3 Å². The van der Waals surface area contributed by atoms with Crippen molar-refractivity contribution in [3.8, 4) is 22.8 Å². The zero-order chi connectivity index (χ0) is 24.6. The molecule has 0 N–H and O–H groups in total. The number of carbonyl (C=O) groups is 2. The number of para-hydroxylation sites is 1. The van der Waals surface area contributed by atoms with E-state index in [0.717, 1.165) is 22.5 Å². The lowest BCUT2D eigenvalue weighted by Crippen LogP contribution is -2.26. The molecule has 1 amide bonds. The highest BCUT2D eigenvalue weighted by molar-refractivity contribution is 5.94. The predicted octanol–water partition coefficient (Wildman–Crippen LogP) is 5.77. The molecule has 0 bridgehead atoms.